The van der Waals surface area contributed by atoms with Crippen LogP contribution in [0.5, 0.6) is 0 Å². The van der Waals surface area contributed by atoms with Crippen molar-refractivity contribution in [3.05, 3.63) is 47.5 Å². The molecule has 1 heterocycles. The number of nitrogens with one attached hydrogen (secondary N) is 1. The molecule has 96 valence electrons. The molecule has 0 spiro atoms. The van der Waals surface area contributed by atoms with Crippen LogP contribution in [0.2, 0.25) is 5.02 Å². The Kier molecular flexibility index (Phi) is 3.64. The summed E-state index contributed by atoms with van der Waals surface area (Å²) in [5.41, 5.74) is 1.98. The minimum absolute atomic E-state index is 0.751. The fourth-order valence-corrected chi connectivity index (χ4v) is 3.43. The average molecular weight is 307 g/mol. The zero-order chi connectivity index (χ0) is 13.2. The van der Waals surface area contributed by atoms with Gasteiger partial charge in [-0.15, -0.1) is 11.8 Å². The molecule has 0 aliphatic heterocycles. The van der Waals surface area contributed by atoms with Crippen LogP contribution in [-0.2, 0) is 0 Å². The number of nitrogens with zero attached hydrogens (tertiary/aromatic N) is 1. The lowest BCUT2D eigenvalue weighted by Gasteiger charge is -2.03. The molecule has 0 aliphatic carbocycles. The summed E-state index contributed by atoms with van der Waals surface area (Å²) >= 11 is 9.45. The lowest BCUT2D eigenvalue weighted by atomic mass is 10.3. The van der Waals surface area contributed by atoms with Gasteiger partial charge < -0.3 is 5.32 Å². The number of aromatic nitrogens is 1. The van der Waals surface area contributed by atoms with E-state index in [1.54, 1.807) is 23.1 Å². The predicted octanol–water partition coefficient (Wildman–Crippen LogP) is 5.42. The van der Waals surface area contributed by atoms with Crippen LogP contribution in [0.1, 0.15) is 0 Å². The van der Waals surface area contributed by atoms with E-state index >= 15 is 0 Å². The number of fused-ring (bicyclic) bond motifs is 1. The largest absolute Gasteiger partial charge is 0.331 e. The Balaban J connectivity index is 1.94. The zero-order valence-electron chi connectivity index (χ0n) is 10.2. The Bertz CT molecular complexity index is 724. The summed E-state index contributed by atoms with van der Waals surface area (Å²) in [6.45, 7) is 0. The highest BCUT2D eigenvalue weighted by molar-refractivity contribution is 7.98. The van der Waals surface area contributed by atoms with Crippen LogP contribution in [0.15, 0.2) is 47.4 Å². The maximum atomic E-state index is 6.16. The Morgan fingerprint density at radius 2 is 2.05 bits per heavy atom. The van der Waals surface area contributed by atoms with Crippen molar-refractivity contribution in [1.29, 1.82) is 0 Å². The number of hydrogen-bond acceptors (Lipinski definition) is 4. The van der Waals surface area contributed by atoms with E-state index in [1.165, 1.54) is 4.90 Å². The molecule has 3 aromatic rings. The second-order valence-corrected chi connectivity index (χ2v) is 6.25. The van der Waals surface area contributed by atoms with Gasteiger partial charge in [0.05, 0.1) is 15.2 Å². The molecular formula is C14H11ClN2S2. The molecule has 0 fully saturated rings. The van der Waals surface area contributed by atoms with E-state index in [1.807, 2.05) is 30.3 Å². The SMILES string of the molecule is CSc1cccc(Nc2nc3cccc(Cl)c3s2)c1. The van der Waals surface area contributed by atoms with Crippen LogP contribution >= 0.6 is 34.7 Å². The van der Waals surface area contributed by atoms with Gasteiger partial charge in [-0.1, -0.05) is 35.1 Å². The first-order chi connectivity index (χ1) is 9.26. The second kappa shape index (κ2) is 5.41. The highest BCUT2D eigenvalue weighted by Crippen LogP contribution is 2.33. The monoisotopic (exact) mass is 306 g/mol. The van der Waals surface area contributed by atoms with E-state index in [9.17, 15) is 0 Å². The van der Waals surface area contributed by atoms with Gasteiger partial charge in [0, 0.05) is 10.6 Å². The minimum Gasteiger partial charge on any atom is -0.331 e. The summed E-state index contributed by atoms with van der Waals surface area (Å²) in [6, 6.07) is 14.1. The van der Waals surface area contributed by atoms with Crippen molar-refractivity contribution in [2.24, 2.45) is 0 Å². The van der Waals surface area contributed by atoms with Crippen molar-refractivity contribution < 1.29 is 0 Å². The molecule has 0 aliphatic rings. The standard InChI is InChI=1S/C14H11ClN2S2/c1-18-10-5-2-4-9(8-10)16-14-17-12-7-3-6-11(15)13(12)19-14/h2-8H,1H3,(H,16,17). The number of benzene rings is 2. The van der Waals surface area contributed by atoms with E-state index in [4.69, 9.17) is 11.6 Å². The van der Waals surface area contributed by atoms with Crippen LogP contribution in [0.25, 0.3) is 10.2 Å². The number of thioether (sulfide) groups is 1. The number of rotatable bonds is 3. The predicted molar refractivity (Wildman–Crippen MR) is 86.1 cm³/mol. The summed E-state index contributed by atoms with van der Waals surface area (Å²) in [5.74, 6) is 0. The average Bonchev–Trinajstić information content (AvgIpc) is 2.83. The van der Waals surface area contributed by atoms with Gasteiger partial charge >= 0.3 is 0 Å². The molecule has 0 radical (unpaired) electrons. The molecule has 0 saturated heterocycles. The lowest BCUT2D eigenvalue weighted by molar-refractivity contribution is 1.40. The molecule has 5 heteroatoms. The summed E-state index contributed by atoms with van der Waals surface area (Å²) < 4.78 is 1.02. The Morgan fingerprint density at radius 3 is 2.84 bits per heavy atom. The van der Waals surface area contributed by atoms with Crippen molar-refractivity contribution in [2.75, 3.05) is 11.6 Å². The molecule has 0 amide bonds. The highest BCUT2D eigenvalue weighted by Gasteiger charge is 2.07. The highest BCUT2D eigenvalue weighted by atomic mass is 35.5. The third-order valence-corrected chi connectivity index (χ3v) is 4.86. The number of halogens is 1. The van der Waals surface area contributed by atoms with Crippen molar-refractivity contribution in [1.82, 2.24) is 4.98 Å². The molecule has 0 saturated carbocycles. The van der Waals surface area contributed by atoms with Crippen molar-refractivity contribution in [2.45, 2.75) is 4.90 Å². The first kappa shape index (κ1) is 12.8. The zero-order valence-corrected chi connectivity index (χ0v) is 12.6. The first-order valence-corrected chi connectivity index (χ1v) is 8.14. The summed E-state index contributed by atoms with van der Waals surface area (Å²) in [7, 11) is 0. The van der Waals surface area contributed by atoms with Crippen LogP contribution in [-0.4, -0.2) is 11.2 Å². The maximum Gasteiger partial charge on any atom is 0.188 e. The molecule has 19 heavy (non-hydrogen) atoms. The second-order valence-electron chi connectivity index (χ2n) is 3.96. The van der Waals surface area contributed by atoms with Gasteiger partial charge in [0.2, 0.25) is 0 Å². The Morgan fingerprint density at radius 1 is 1.21 bits per heavy atom. The van der Waals surface area contributed by atoms with Crippen molar-refractivity contribution >= 4 is 55.7 Å². The first-order valence-electron chi connectivity index (χ1n) is 5.72. The van der Waals surface area contributed by atoms with Gasteiger partial charge in [-0.3, -0.25) is 0 Å². The van der Waals surface area contributed by atoms with E-state index in [2.05, 4.69) is 28.7 Å². The van der Waals surface area contributed by atoms with Crippen LogP contribution in [0.3, 0.4) is 0 Å². The van der Waals surface area contributed by atoms with Gasteiger partial charge in [-0.2, -0.15) is 0 Å². The summed E-state index contributed by atoms with van der Waals surface area (Å²) in [5, 5.41) is 4.94. The Labute approximate surface area is 124 Å². The minimum atomic E-state index is 0.751. The molecule has 2 nitrogen and oxygen atoms in total. The fraction of sp³-hybridized carbons (Fsp3) is 0.0714. The molecular weight excluding hydrogens is 296 g/mol. The molecule has 1 aromatic heterocycles. The van der Waals surface area contributed by atoms with Gasteiger partial charge in [0.1, 0.15) is 0 Å². The van der Waals surface area contributed by atoms with E-state index < -0.39 is 0 Å². The third kappa shape index (κ3) is 2.71. The fourth-order valence-electron chi connectivity index (χ4n) is 1.79. The van der Waals surface area contributed by atoms with Crippen LogP contribution in [0, 0.1) is 0 Å². The molecule has 2 aromatic carbocycles. The molecule has 0 unspecified atom stereocenters. The third-order valence-electron chi connectivity index (χ3n) is 2.69. The van der Waals surface area contributed by atoms with Gasteiger partial charge in [0.15, 0.2) is 5.13 Å². The smallest absolute Gasteiger partial charge is 0.188 e. The normalized spacial score (nSPS) is 10.8. The van der Waals surface area contributed by atoms with Gasteiger partial charge in [-0.05, 0) is 36.6 Å². The van der Waals surface area contributed by atoms with E-state index in [0.29, 0.717) is 0 Å². The van der Waals surface area contributed by atoms with Gasteiger partial charge in [0.25, 0.3) is 0 Å². The number of anilines is 2. The quantitative estimate of drug-likeness (QED) is 0.654. The lowest BCUT2D eigenvalue weighted by Crippen LogP contribution is -1.88. The van der Waals surface area contributed by atoms with Crippen LogP contribution < -0.4 is 5.32 Å². The molecule has 0 atom stereocenters. The summed E-state index contributed by atoms with van der Waals surface area (Å²) in [6.07, 6.45) is 2.07. The van der Waals surface area contributed by atoms with Crippen molar-refractivity contribution in [3.63, 3.8) is 0 Å². The number of thiazole rings is 1. The molecule has 1 N–H and O–H groups in total. The van der Waals surface area contributed by atoms with Gasteiger partial charge in [-0.25, -0.2) is 4.98 Å². The number of hydrogen-bond donors (Lipinski definition) is 1. The van der Waals surface area contributed by atoms with E-state index in [-0.39, 0.29) is 0 Å². The Hall–Kier alpha value is -1.23. The van der Waals surface area contributed by atoms with Crippen LogP contribution in [0.4, 0.5) is 10.8 Å². The van der Waals surface area contributed by atoms with Crippen molar-refractivity contribution in [3.8, 4) is 0 Å². The summed E-state index contributed by atoms with van der Waals surface area (Å²) in [4.78, 5) is 5.77. The van der Waals surface area contributed by atoms with E-state index in [0.717, 1.165) is 26.1 Å². The topological polar surface area (TPSA) is 24.9 Å². The maximum absolute atomic E-state index is 6.16. The molecule has 0 bridgehead atoms. The molecule has 3 rings (SSSR count).